The van der Waals surface area contributed by atoms with Crippen molar-refractivity contribution < 1.29 is 24.6 Å². The second-order valence-corrected chi connectivity index (χ2v) is 5.68. The van der Waals surface area contributed by atoms with Gasteiger partial charge in [0.25, 0.3) is 0 Å². The SMILES string of the molecule is O=C([O-])c1cccc(NC(=O)[C@H]2[C@@H](C(=O)[O-])[C@H]3C=C[C@H]2C3)c1. The predicted molar refractivity (Wildman–Crippen MR) is 72.1 cm³/mol. The second kappa shape index (κ2) is 5.29. The molecular weight excluding hydrogens is 286 g/mol. The minimum atomic E-state index is -1.34. The maximum Gasteiger partial charge on any atom is 0.228 e. The van der Waals surface area contributed by atoms with Gasteiger partial charge in [0.2, 0.25) is 5.91 Å². The van der Waals surface area contributed by atoms with Crippen LogP contribution in [0.15, 0.2) is 36.4 Å². The molecule has 1 aromatic carbocycles. The molecule has 0 heterocycles. The number of allylic oxidation sites excluding steroid dienone is 2. The predicted octanol–water partition coefficient (Wildman–Crippen LogP) is -0.823. The topological polar surface area (TPSA) is 109 Å². The number of nitrogens with one attached hydrogen (secondary N) is 1. The van der Waals surface area contributed by atoms with Gasteiger partial charge in [0.1, 0.15) is 0 Å². The Morgan fingerprint density at radius 2 is 1.73 bits per heavy atom. The van der Waals surface area contributed by atoms with Crippen LogP contribution >= 0.6 is 0 Å². The Morgan fingerprint density at radius 3 is 2.36 bits per heavy atom. The molecule has 6 nitrogen and oxygen atoms in total. The summed E-state index contributed by atoms with van der Waals surface area (Å²) in [5.74, 6) is -4.79. The van der Waals surface area contributed by atoms with Crippen molar-refractivity contribution in [1.82, 2.24) is 0 Å². The number of carbonyl (C=O) groups is 3. The lowest BCUT2D eigenvalue weighted by molar-refractivity contribution is -0.313. The monoisotopic (exact) mass is 299 g/mol. The number of benzene rings is 1. The van der Waals surface area contributed by atoms with Crippen LogP contribution in [-0.4, -0.2) is 17.8 Å². The lowest BCUT2D eigenvalue weighted by Crippen LogP contribution is -2.42. The fourth-order valence-electron chi connectivity index (χ4n) is 3.45. The number of aliphatic carboxylic acids is 1. The van der Waals surface area contributed by atoms with Crippen LogP contribution in [0.1, 0.15) is 16.8 Å². The highest BCUT2D eigenvalue weighted by molar-refractivity contribution is 5.97. The summed E-state index contributed by atoms with van der Waals surface area (Å²) < 4.78 is 0. The fourth-order valence-corrected chi connectivity index (χ4v) is 3.45. The number of hydrogen-bond acceptors (Lipinski definition) is 5. The molecule has 0 spiro atoms. The molecule has 114 valence electrons. The summed E-state index contributed by atoms with van der Waals surface area (Å²) >= 11 is 0. The first-order chi connectivity index (χ1) is 10.5. The van der Waals surface area contributed by atoms with Crippen molar-refractivity contribution in [2.75, 3.05) is 5.32 Å². The highest BCUT2D eigenvalue weighted by atomic mass is 16.4. The molecule has 3 rings (SSSR count). The number of carboxylic acid groups (broad SMARTS) is 2. The summed E-state index contributed by atoms with van der Waals surface area (Å²) in [4.78, 5) is 34.5. The maximum absolute atomic E-state index is 12.4. The molecule has 0 aliphatic heterocycles. The van der Waals surface area contributed by atoms with Gasteiger partial charge in [-0.2, -0.15) is 0 Å². The first-order valence-electron chi connectivity index (χ1n) is 6.99. The van der Waals surface area contributed by atoms with Crippen LogP contribution < -0.4 is 15.5 Å². The Labute approximate surface area is 126 Å². The highest BCUT2D eigenvalue weighted by Gasteiger charge is 2.48. The Morgan fingerprint density at radius 1 is 1.05 bits per heavy atom. The lowest BCUT2D eigenvalue weighted by atomic mass is 9.82. The van der Waals surface area contributed by atoms with E-state index in [1.807, 2.05) is 12.2 Å². The van der Waals surface area contributed by atoms with Crippen LogP contribution in [0.25, 0.3) is 0 Å². The van der Waals surface area contributed by atoms with E-state index in [-0.39, 0.29) is 17.4 Å². The van der Waals surface area contributed by atoms with E-state index in [2.05, 4.69) is 5.32 Å². The van der Waals surface area contributed by atoms with E-state index in [0.29, 0.717) is 12.1 Å². The molecular formula is C16H13NO5-2. The molecule has 2 aliphatic carbocycles. The molecule has 0 saturated heterocycles. The molecule has 0 unspecified atom stereocenters. The van der Waals surface area contributed by atoms with Crippen molar-refractivity contribution in [2.45, 2.75) is 6.42 Å². The molecule has 1 fully saturated rings. The van der Waals surface area contributed by atoms with E-state index in [0.717, 1.165) is 0 Å². The number of aromatic carboxylic acids is 1. The van der Waals surface area contributed by atoms with Crippen LogP contribution in [0.3, 0.4) is 0 Å². The molecule has 4 atom stereocenters. The Hall–Kier alpha value is -2.63. The third-order valence-electron chi connectivity index (χ3n) is 4.40. The molecule has 6 heteroatoms. The molecule has 1 aromatic rings. The van der Waals surface area contributed by atoms with E-state index >= 15 is 0 Å². The minimum Gasteiger partial charge on any atom is -0.550 e. The normalized spacial score (nSPS) is 28.5. The highest BCUT2D eigenvalue weighted by Crippen LogP contribution is 2.48. The lowest BCUT2D eigenvalue weighted by Gasteiger charge is -2.27. The zero-order valence-electron chi connectivity index (χ0n) is 11.5. The number of amides is 1. The van der Waals surface area contributed by atoms with Crippen molar-refractivity contribution >= 4 is 23.5 Å². The van der Waals surface area contributed by atoms with Crippen LogP contribution in [0.2, 0.25) is 0 Å². The van der Waals surface area contributed by atoms with Gasteiger partial charge in [-0.25, -0.2) is 0 Å². The zero-order chi connectivity index (χ0) is 15.9. The average molecular weight is 299 g/mol. The molecule has 0 radical (unpaired) electrons. The first-order valence-corrected chi connectivity index (χ1v) is 6.99. The smallest absolute Gasteiger partial charge is 0.228 e. The van der Waals surface area contributed by atoms with Gasteiger partial charge in [-0.3, -0.25) is 4.79 Å². The zero-order valence-corrected chi connectivity index (χ0v) is 11.5. The van der Waals surface area contributed by atoms with Gasteiger partial charge >= 0.3 is 0 Å². The fraction of sp³-hybridized carbons (Fsp3) is 0.312. The molecule has 1 saturated carbocycles. The maximum atomic E-state index is 12.4. The van der Waals surface area contributed by atoms with Gasteiger partial charge in [-0.15, -0.1) is 0 Å². The van der Waals surface area contributed by atoms with E-state index in [4.69, 9.17) is 0 Å². The van der Waals surface area contributed by atoms with Crippen LogP contribution in [-0.2, 0) is 9.59 Å². The van der Waals surface area contributed by atoms with E-state index in [9.17, 15) is 24.6 Å². The average Bonchev–Trinajstić information content (AvgIpc) is 3.07. The summed E-state index contributed by atoms with van der Waals surface area (Å²) in [6, 6.07) is 5.67. The third-order valence-corrected chi connectivity index (χ3v) is 4.40. The molecule has 2 bridgehead atoms. The van der Waals surface area contributed by atoms with Crippen LogP contribution in [0, 0.1) is 23.7 Å². The van der Waals surface area contributed by atoms with E-state index in [1.165, 1.54) is 18.2 Å². The van der Waals surface area contributed by atoms with E-state index in [1.54, 1.807) is 6.07 Å². The van der Waals surface area contributed by atoms with Gasteiger partial charge in [-0.1, -0.05) is 24.3 Å². The molecule has 2 aliphatic rings. The number of anilines is 1. The summed E-state index contributed by atoms with van der Waals surface area (Å²) in [5.41, 5.74) is 0.248. The summed E-state index contributed by atoms with van der Waals surface area (Å²) in [6.07, 6.45) is 4.33. The quantitative estimate of drug-likeness (QED) is 0.730. The number of fused-ring (bicyclic) bond motifs is 2. The number of rotatable bonds is 4. The third kappa shape index (κ3) is 2.36. The summed E-state index contributed by atoms with van der Waals surface area (Å²) in [7, 11) is 0. The van der Waals surface area contributed by atoms with Gasteiger partial charge < -0.3 is 25.1 Å². The van der Waals surface area contributed by atoms with Gasteiger partial charge in [0.05, 0.1) is 11.9 Å². The number of carbonyl (C=O) groups excluding carboxylic acids is 3. The van der Waals surface area contributed by atoms with Crippen LogP contribution in [0.5, 0.6) is 0 Å². The second-order valence-electron chi connectivity index (χ2n) is 5.68. The molecule has 0 aromatic heterocycles. The Kier molecular flexibility index (Phi) is 3.44. The van der Waals surface area contributed by atoms with Crippen molar-refractivity contribution in [2.24, 2.45) is 23.7 Å². The molecule has 1 N–H and O–H groups in total. The Bertz CT molecular complexity index is 681. The number of carboxylic acids is 2. The van der Waals surface area contributed by atoms with E-state index < -0.39 is 29.7 Å². The molecule has 22 heavy (non-hydrogen) atoms. The summed E-state index contributed by atoms with van der Waals surface area (Å²) in [5, 5.41) is 24.7. The Balaban J connectivity index is 1.80. The van der Waals surface area contributed by atoms with Crippen LogP contribution in [0.4, 0.5) is 5.69 Å². The first kappa shape index (κ1) is 14.3. The largest absolute Gasteiger partial charge is 0.550 e. The minimum absolute atomic E-state index is 0.0536. The van der Waals surface area contributed by atoms with Crippen molar-refractivity contribution in [3.63, 3.8) is 0 Å². The molecule has 1 amide bonds. The standard InChI is InChI=1S/C16H15NO5/c18-14(17-11-3-1-2-10(7-11)15(19)20)12-8-4-5-9(6-8)13(12)16(21)22/h1-5,7-9,12-13H,6H2,(H,17,18)(H,19,20)(H,21,22)/p-2/t8-,9-,12+,13-/m0/s1. The van der Waals surface area contributed by atoms with Crippen molar-refractivity contribution in [1.29, 1.82) is 0 Å². The van der Waals surface area contributed by atoms with Crippen molar-refractivity contribution in [3.05, 3.63) is 42.0 Å². The van der Waals surface area contributed by atoms with Gasteiger partial charge in [-0.05, 0) is 36.0 Å². The van der Waals surface area contributed by atoms with Gasteiger partial charge in [0.15, 0.2) is 0 Å². The van der Waals surface area contributed by atoms with Crippen molar-refractivity contribution in [3.8, 4) is 0 Å². The van der Waals surface area contributed by atoms with Gasteiger partial charge in [0, 0.05) is 17.6 Å². The number of hydrogen-bond donors (Lipinski definition) is 1. The summed E-state index contributed by atoms with van der Waals surface area (Å²) in [6.45, 7) is 0.